The molecular formula is C22H20F3N3O3. The van der Waals surface area contributed by atoms with Crippen LogP contribution in [0.5, 0.6) is 5.88 Å². The van der Waals surface area contributed by atoms with Crippen LogP contribution < -0.4 is 4.74 Å². The van der Waals surface area contributed by atoms with E-state index in [9.17, 15) is 18.0 Å². The standard InChI is InChI=1S/C22H20F3N3O3/c23-22(24,25)20(29)31-21(13-14-8-10-28(21)11-9-14)30-19-7-6-18(26-27-19)17-5-4-15-2-1-3-16(15)12-17/h1,3-7,12,14H,2,8-11,13H2. The monoisotopic (exact) mass is 431 g/mol. The Morgan fingerprint density at radius 3 is 2.58 bits per heavy atom. The summed E-state index contributed by atoms with van der Waals surface area (Å²) in [5, 5.41) is 8.23. The lowest BCUT2D eigenvalue weighted by molar-refractivity contribution is -0.313. The van der Waals surface area contributed by atoms with E-state index >= 15 is 0 Å². The molecule has 4 aliphatic rings. The number of carbonyl (C=O) groups is 1. The van der Waals surface area contributed by atoms with E-state index in [4.69, 9.17) is 9.47 Å². The predicted octanol–water partition coefficient (Wildman–Crippen LogP) is 3.97. The summed E-state index contributed by atoms with van der Waals surface area (Å²) in [6.45, 7) is 0.980. The van der Waals surface area contributed by atoms with Gasteiger partial charge in [-0.2, -0.15) is 13.2 Å². The van der Waals surface area contributed by atoms with Crippen molar-refractivity contribution in [1.82, 2.24) is 15.1 Å². The van der Waals surface area contributed by atoms with Crippen molar-refractivity contribution in [1.29, 1.82) is 0 Å². The Bertz CT molecular complexity index is 1030. The van der Waals surface area contributed by atoms with Gasteiger partial charge in [-0.15, -0.1) is 10.2 Å². The van der Waals surface area contributed by atoms with Gasteiger partial charge in [-0.25, -0.2) is 9.69 Å². The Labute approximate surface area is 176 Å². The number of alkyl halides is 3. The van der Waals surface area contributed by atoms with E-state index in [1.807, 2.05) is 18.2 Å². The average Bonchev–Trinajstić information content (AvgIpc) is 3.22. The van der Waals surface area contributed by atoms with Gasteiger partial charge < -0.3 is 9.47 Å². The van der Waals surface area contributed by atoms with E-state index in [0.29, 0.717) is 18.8 Å². The van der Waals surface area contributed by atoms with E-state index in [2.05, 4.69) is 22.3 Å². The topological polar surface area (TPSA) is 64.5 Å². The number of aromatic nitrogens is 2. The first-order valence-corrected chi connectivity index (χ1v) is 10.2. The number of rotatable bonds is 4. The maximum absolute atomic E-state index is 12.9. The lowest BCUT2D eigenvalue weighted by atomic mass is 9.85. The third-order valence-electron chi connectivity index (χ3n) is 6.11. The Kier molecular flexibility index (Phi) is 4.73. The molecule has 1 aliphatic carbocycles. The van der Waals surface area contributed by atoms with Crippen molar-refractivity contribution >= 4 is 12.0 Å². The highest BCUT2D eigenvalue weighted by Crippen LogP contribution is 2.42. The highest BCUT2D eigenvalue weighted by atomic mass is 19.4. The summed E-state index contributed by atoms with van der Waals surface area (Å²) >= 11 is 0. The lowest BCUT2D eigenvalue weighted by Crippen LogP contribution is -2.64. The van der Waals surface area contributed by atoms with Crippen molar-refractivity contribution in [3.63, 3.8) is 0 Å². The van der Waals surface area contributed by atoms with Crippen molar-refractivity contribution in [2.24, 2.45) is 5.92 Å². The molecule has 6 nitrogen and oxygen atoms in total. The second kappa shape index (κ2) is 7.33. The van der Waals surface area contributed by atoms with E-state index < -0.39 is 18.1 Å². The van der Waals surface area contributed by atoms with Crippen molar-refractivity contribution in [2.75, 3.05) is 13.1 Å². The molecule has 1 unspecified atom stereocenters. The molecule has 3 saturated heterocycles. The second-order valence-electron chi connectivity index (χ2n) is 8.11. The molecule has 162 valence electrons. The summed E-state index contributed by atoms with van der Waals surface area (Å²) in [6.07, 6.45) is 1.75. The molecule has 0 amide bonds. The SMILES string of the molecule is O=C(OC1(Oc2ccc(-c3ccc4c(c3)C=CC4)nn2)CC2CCN1CC2)C(F)(F)F. The summed E-state index contributed by atoms with van der Waals surface area (Å²) < 4.78 is 49.4. The van der Waals surface area contributed by atoms with Crippen molar-refractivity contribution in [3.05, 3.63) is 47.5 Å². The summed E-state index contributed by atoms with van der Waals surface area (Å²) in [6, 6.07) is 9.24. The molecule has 2 bridgehead atoms. The van der Waals surface area contributed by atoms with Crippen LogP contribution in [0, 0.1) is 5.92 Å². The third kappa shape index (κ3) is 3.78. The minimum Gasteiger partial charge on any atom is -0.420 e. The Morgan fingerprint density at radius 1 is 1.13 bits per heavy atom. The molecule has 9 heteroatoms. The molecule has 3 aliphatic heterocycles. The molecule has 31 heavy (non-hydrogen) atoms. The van der Waals surface area contributed by atoms with Gasteiger partial charge in [-0.1, -0.05) is 24.3 Å². The molecule has 1 aromatic heterocycles. The van der Waals surface area contributed by atoms with E-state index in [1.165, 1.54) is 11.6 Å². The zero-order valence-corrected chi connectivity index (χ0v) is 16.6. The van der Waals surface area contributed by atoms with Gasteiger partial charge >= 0.3 is 18.1 Å². The molecule has 0 N–H and O–H groups in total. The Morgan fingerprint density at radius 2 is 1.94 bits per heavy atom. The van der Waals surface area contributed by atoms with Crippen molar-refractivity contribution < 1.29 is 27.4 Å². The van der Waals surface area contributed by atoms with E-state index in [-0.39, 0.29) is 18.2 Å². The maximum atomic E-state index is 12.9. The fourth-order valence-electron chi connectivity index (χ4n) is 4.51. The molecule has 1 aromatic carbocycles. The average molecular weight is 431 g/mol. The Hall–Kier alpha value is -2.94. The van der Waals surface area contributed by atoms with Crippen LogP contribution in [-0.4, -0.2) is 46.2 Å². The van der Waals surface area contributed by atoms with Crippen LogP contribution in [0.4, 0.5) is 13.2 Å². The zero-order valence-electron chi connectivity index (χ0n) is 16.6. The second-order valence-corrected chi connectivity index (χ2v) is 8.11. The number of nitrogens with zero attached hydrogens (tertiary/aromatic N) is 3. The maximum Gasteiger partial charge on any atom is 0.491 e. The van der Waals surface area contributed by atoms with Gasteiger partial charge in [-0.3, -0.25) is 0 Å². The largest absolute Gasteiger partial charge is 0.491 e. The summed E-state index contributed by atoms with van der Waals surface area (Å²) in [4.78, 5) is 13.3. The van der Waals surface area contributed by atoms with Crippen LogP contribution in [0.15, 0.2) is 36.4 Å². The van der Waals surface area contributed by atoms with E-state index in [0.717, 1.165) is 30.4 Å². The first-order chi connectivity index (χ1) is 14.8. The van der Waals surface area contributed by atoms with Crippen molar-refractivity contribution in [2.45, 2.75) is 37.8 Å². The fraction of sp³-hybridized carbons (Fsp3) is 0.409. The number of piperidine rings is 3. The number of ether oxygens (including phenoxy) is 2. The summed E-state index contributed by atoms with van der Waals surface area (Å²) in [5.74, 6) is -3.96. The van der Waals surface area contributed by atoms with Gasteiger partial charge in [0.2, 0.25) is 5.88 Å². The number of halogens is 3. The number of hydrogen-bond acceptors (Lipinski definition) is 6. The summed E-state index contributed by atoms with van der Waals surface area (Å²) in [7, 11) is 0. The third-order valence-corrected chi connectivity index (χ3v) is 6.11. The zero-order chi connectivity index (χ0) is 21.6. The minimum atomic E-state index is -5.11. The normalized spacial score (nSPS) is 26.5. The molecule has 3 fully saturated rings. The van der Waals surface area contributed by atoms with Gasteiger partial charge in [0.05, 0.1) is 5.69 Å². The quantitative estimate of drug-likeness (QED) is 0.539. The predicted molar refractivity (Wildman–Crippen MR) is 105 cm³/mol. The Balaban J connectivity index is 1.39. The molecule has 1 atom stereocenters. The molecule has 0 spiro atoms. The van der Waals surface area contributed by atoms with Crippen LogP contribution in [-0.2, 0) is 16.0 Å². The van der Waals surface area contributed by atoms with Crippen LogP contribution >= 0.6 is 0 Å². The number of allylic oxidation sites excluding steroid dienone is 1. The van der Waals surface area contributed by atoms with Gasteiger partial charge in [0.15, 0.2) is 0 Å². The van der Waals surface area contributed by atoms with Crippen LogP contribution in [0.2, 0.25) is 0 Å². The van der Waals surface area contributed by atoms with Gasteiger partial charge in [0, 0.05) is 31.1 Å². The fourth-order valence-corrected chi connectivity index (χ4v) is 4.51. The van der Waals surface area contributed by atoms with Crippen LogP contribution in [0.1, 0.15) is 30.4 Å². The molecular weight excluding hydrogens is 411 g/mol. The summed E-state index contributed by atoms with van der Waals surface area (Å²) in [5.41, 5.74) is 3.86. The number of hydrogen-bond donors (Lipinski definition) is 0. The minimum absolute atomic E-state index is 0.00679. The number of benzene rings is 1. The first kappa shape index (κ1) is 20.0. The van der Waals surface area contributed by atoms with Gasteiger partial charge in [0.25, 0.3) is 0 Å². The molecule has 0 saturated carbocycles. The number of fused-ring (bicyclic) bond motifs is 4. The van der Waals surface area contributed by atoms with Gasteiger partial charge in [-0.05, 0) is 48.4 Å². The van der Waals surface area contributed by atoms with Gasteiger partial charge in [0.1, 0.15) is 0 Å². The number of esters is 1. The van der Waals surface area contributed by atoms with Crippen LogP contribution in [0.3, 0.4) is 0 Å². The smallest absolute Gasteiger partial charge is 0.420 e. The highest BCUT2D eigenvalue weighted by molar-refractivity contribution is 5.76. The van der Waals surface area contributed by atoms with Crippen molar-refractivity contribution in [3.8, 4) is 17.1 Å². The first-order valence-electron chi connectivity index (χ1n) is 10.2. The molecule has 0 radical (unpaired) electrons. The van der Waals surface area contributed by atoms with E-state index in [1.54, 1.807) is 11.0 Å². The molecule has 6 rings (SSSR count). The number of carbonyl (C=O) groups excluding carboxylic acids is 1. The highest BCUT2D eigenvalue weighted by Gasteiger charge is 2.55. The molecule has 2 aromatic rings. The lowest BCUT2D eigenvalue weighted by Gasteiger charge is -2.51. The molecule has 4 heterocycles. The van der Waals surface area contributed by atoms with Crippen LogP contribution in [0.25, 0.3) is 17.3 Å².